The predicted molar refractivity (Wildman–Crippen MR) is 67.0 cm³/mol. The molecule has 0 spiro atoms. The molecule has 0 aromatic carbocycles. The largest absolute Gasteiger partial charge is 0.317 e. The molecule has 0 radical (unpaired) electrons. The molecule has 0 bridgehead atoms. The fourth-order valence-corrected chi connectivity index (χ4v) is 3.21. The SMILES string of the molecule is CC1CCCc2nnc(CC3CCNCC3)n21. The molecule has 3 heterocycles. The second kappa shape index (κ2) is 4.77. The van der Waals surface area contributed by atoms with E-state index in [1.54, 1.807) is 0 Å². The maximum absolute atomic E-state index is 4.43. The lowest BCUT2D eigenvalue weighted by Crippen LogP contribution is -2.29. The van der Waals surface area contributed by atoms with Crippen molar-refractivity contribution in [3.63, 3.8) is 0 Å². The maximum atomic E-state index is 4.43. The van der Waals surface area contributed by atoms with E-state index in [9.17, 15) is 0 Å². The summed E-state index contributed by atoms with van der Waals surface area (Å²) in [6.07, 6.45) is 7.37. The van der Waals surface area contributed by atoms with E-state index >= 15 is 0 Å². The summed E-state index contributed by atoms with van der Waals surface area (Å²) >= 11 is 0. The molecule has 17 heavy (non-hydrogen) atoms. The highest BCUT2D eigenvalue weighted by Gasteiger charge is 2.23. The Bertz CT molecular complexity index is 379. The lowest BCUT2D eigenvalue weighted by atomic mass is 9.94. The smallest absolute Gasteiger partial charge is 0.133 e. The van der Waals surface area contributed by atoms with Crippen LogP contribution in [0.15, 0.2) is 0 Å². The summed E-state index contributed by atoms with van der Waals surface area (Å²) in [5, 5.41) is 12.2. The fourth-order valence-electron chi connectivity index (χ4n) is 3.21. The van der Waals surface area contributed by atoms with Crippen LogP contribution in [-0.2, 0) is 12.8 Å². The third-order valence-corrected chi connectivity index (χ3v) is 4.23. The number of nitrogens with zero attached hydrogens (tertiary/aromatic N) is 3. The van der Waals surface area contributed by atoms with Crippen molar-refractivity contribution in [1.82, 2.24) is 20.1 Å². The molecule has 94 valence electrons. The summed E-state index contributed by atoms with van der Waals surface area (Å²) in [6, 6.07) is 0.602. The molecule has 2 aliphatic heterocycles. The van der Waals surface area contributed by atoms with Gasteiger partial charge in [0, 0.05) is 18.9 Å². The van der Waals surface area contributed by atoms with Gasteiger partial charge in [0.2, 0.25) is 0 Å². The van der Waals surface area contributed by atoms with E-state index in [0.717, 1.165) is 18.8 Å². The standard InChI is InChI=1S/C13H22N4/c1-10-3-2-4-12-15-16-13(17(10)12)9-11-5-7-14-8-6-11/h10-11,14H,2-9H2,1H3. The van der Waals surface area contributed by atoms with Gasteiger partial charge in [-0.2, -0.15) is 0 Å². The zero-order valence-corrected chi connectivity index (χ0v) is 10.7. The van der Waals surface area contributed by atoms with Crippen molar-refractivity contribution in [1.29, 1.82) is 0 Å². The number of piperidine rings is 1. The average Bonchev–Trinajstić information content (AvgIpc) is 2.75. The minimum atomic E-state index is 0.602. The lowest BCUT2D eigenvalue weighted by molar-refractivity contribution is 0.349. The Labute approximate surface area is 103 Å². The number of aryl methyl sites for hydroxylation is 1. The quantitative estimate of drug-likeness (QED) is 0.847. The minimum Gasteiger partial charge on any atom is -0.317 e. The van der Waals surface area contributed by atoms with Gasteiger partial charge in [-0.25, -0.2) is 0 Å². The first-order chi connectivity index (χ1) is 8.34. The van der Waals surface area contributed by atoms with Crippen LogP contribution in [0.5, 0.6) is 0 Å². The van der Waals surface area contributed by atoms with Gasteiger partial charge in [0.05, 0.1) is 0 Å². The van der Waals surface area contributed by atoms with Gasteiger partial charge in [0.1, 0.15) is 11.6 Å². The number of hydrogen-bond acceptors (Lipinski definition) is 3. The van der Waals surface area contributed by atoms with Crippen LogP contribution < -0.4 is 5.32 Å². The van der Waals surface area contributed by atoms with Gasteiger partial charge >= 0.3 is 0 Å². The first-order valence-corrected chi connectivity index (χ1v) is 6.98. The van der Waals surface area contributed by atoms with Crippen molar-refractivity contribution in [3.05, 3.63) is 11.6 Å². The molecule has 1 aromatic rings. The Balaban J connectivity index is 1.76. The minimum absolute atomic E-state index is 0.602. The summed E-state index contributed by atoms with van der Waals surface area (Å²) in [7, 11) is 0. The maximum Gasteiger partial charge on any atom is 0.133 e. The van der Waals surface area contributed by atoms with Gasteiger partial charge < -0.3 is 9.88 Å². The zero-order valence-electron chi connectivity index (χ0n) is 10.7. The average molecular weight is 234 g/mol. The van der Waals surface area contributed by atoms with Crippen LogP contribution in [0.2, 0.25) is 0 Å². The second-order valence-electron chi connectivity index (χ2n) is 5.54. The summed E-state index contributed by atoms with van der Waals surface area (Å²) in [5.74, 6) is 3.26. The van der Waals surface area contributed by atoms with Gasteiger partial charge in [-0.3, -0.25) is 0 Å². The highest BCUT2D eigenvalue weighted by molar-refractivity contribution is 5.03. The summed E-state index contributed by atoms with van der Waals surface area (Å²) in [6.45, 7) is 4.64. The first kappa shape index (κ1) is 11.2. The van der Waals surface area contributed by atoms with Crippen molar-refractivity contribution in [2.75, 3.05) is 13.1 Å². The first-order valence-electron chi connectivity index (χ1n) is 6.98. The Morgan fingerprint density at radius 2 is 2.06 bits per heavy atom. The number of aromatic nitrogens is 3. The number of fused-ring (bicyclic) bond motifs is 1. The van der Waals surface area contributed by atoms with Crippen molar-refractivity contribution in [2.45, 2.75) is 51.5 Å². The molecule has 1 N–H and O–H groups in total. The van der Waals surface area contributed by atoms with Crippen LogP contribution in [0.4, 0.5) is 0 Å². The van der Waals surface area contributed by atoms with E-state index in [2.05, 4.69) is 27.0 Å². The molecule has 1 fully saturated rings. The van der Waals surface area contributed by atoms with Gasteiger partial charge in [-0.05, 0) is 51.6 Å². The van der Waals surface area contributed by atoms with E-state index in [-0.39, 0.29) is 0 Å². The Morgan fingerprint density at radius 3 is 2.88 bits per heavy atom. The highest BCUT2D eigenvalue weighted by Crippen LogP contribution is 2.26. The molecule has 4 heteroatoms. The van der Waals surface area contributed by atoms with Crippen molar-refractivity contribution < 1.29 is 0 Å². The van der Waals surface area contributed by atoms with Crippen LogP contribution in [0.3, 0.4) is 0 Å². The Kier molecular flexibility index (Phi) is 3.14. The number of rotatable bonds is 2. The third kappa shape index (κ3) is 2.23. The van der Waals surface area contributed by atoms with Crippen LogP contribution >= 0.6 is 0 Å². The van der Waals surface area contributed by atoms with Crippen molar-refractivity contribution >= 4 is 0 Å². The zero-order chi connectivity index (χ0) is 11.7. The topological polar surface area (TPSA) is 42.7 Å². The summed E-state index contributed by atoms with van der Waals surface area (Å²) in [5.41, 5.74) is 0. The molecular formula is C13H22N4. The van der Waals surface area contributed by atoms with Crippen molar-refractivity contribution in [2.24, 2.45) is 5.92 Å². The lowest BCUT2D eigenvalue weighted by Gasteiger charge is -2.26. The number of hydrogen-bond donors (Lipinski definition) is 1. The van der Waals surface area contributed by atoms with Crippen LogP contribution in [0.1, 0.15) is 50.3 Å². The van der Waals surface area contributed by atoms with E-state index in [1.807, 2.05) is 0 Å². The molecule has 1 unspecified atom stereocenters. The van der Waals surface area contributed by atoms with Crippen molar-refractivity contribution in [3.8, 4) is 0 Å². The molecule has 1 aromatic heterocycles. The molecule has 3 rings (SSSR count). The molecule has 0 aliphatic carbocycles. The fraction of sp³-hybridized carbons (Fsp3) is 0.846. The normalized spacial score (nSPS) is 25.8. The molecule has 0 saturated carbocycles. The van der Waals surface area contributed by atoms with Gasteiger partial charge in [-0.15, -0.1) is 10.2 Å². The highest BCUT2D eigenvalue weighted by atomic mass is 15.3. The van der Waals surface area contributed by atoms with Gasteiger partial charge in [0.25, 0.3) is 0 Å². The second-order valence-corrected chi connectivity index (χ2v) is 5.54. The summed E-state index contributed by atoms with van der Waals surface area (Å²) in [4.78, 5) is 0. The van der Waals surface area contributed by atoms with Crippen LogP contribution in [0.25, 0.3) is 0 Å². The monoisotopic (exact) mass is 234 g/mol. The summed E-state index contributed by atoms with van der Waals surface area (Å²) < 4.78 is 2.41. The van der Waals surface area contributed by atoms with Gasteiger partial charge in [0.15, 0.2) is 0 Å². The molecule has 1 atom stereocenters. The molecule has 4 nitrogen and oxygen atoms in total. The van der Waals surface area contributed by atoms with Crippen LogP contribution in [-0.4, -0.2) is 27.9 Å². The molecular weight excluding hydrogens is 212 g/mol. The Morgan fingerprint density at radius 1 is 1.24 bits per heavy atom. The van der Waals surface area contributed by atoms with E-state index in [0.29, 0.717) is 6.04 Å². The number of nitrogens with one attached hydrogen (secondary N) is 1. The molecule has 1 saturated heterocycles. The van der Waals surface area contributed by atoms with E-state index < -0.39 is 0 Å². The van der Waals surface area contributed by atoms with E-state index in [4.69, 9.17) is 0 Å². The predicted octanol–water partition coefficient (Wildman–Crippen LogP) is 1.72. The van der Waals surface area contributed by atoms with Crippen LogP contribution in [0, 0.1) is 5.92 Å². The third-order valence-electron chi connectivity index (χ3n) is 4.23. The van der Waals surface area contributed by atoms with E-state index in [1.165, 1.54) is 50.4 Å². The molecule has 0 amide bonds. The molecule has 2 aliphatic rings. The van der Waals surface area contributed by atoms with Gasteiger partial charge in [-0.1, -0.05) is 0 Å². The Hall–Kier alpha value is -0.900.